The van der Waals surface area contributed by atoms with Gasteiger partial charge in [-0.1, -0.05) is 24.3 Å². The van der Waals surface area contributed by atoms with Gasteiger partial charge in [0.1, 0.15) is 0 Å². The number of hydrogen-bond donors (Lipinski definition) is 2. The number of nitrogens with one attached hydrogen (secondary N) is 2. The lowest BCUT2D eigenvalue weighted by Gasteiger charge is -2.18. The molecule has 0 aliphatic rings. The van der Waals surface area contributed by atoms with Crippen LogP contribution in [0.15, 0.2) is 24.3 Å². The summed E-state index contributed by atoms with van der Waals surface area (Å²) in [5, 5.41) is 6.11. The van der Waals surface area contributed by atoms with Gasteiger partial charge in [-0.2, -0.15) is 0 Å². The van der Waals surface area contributed by atoms with Crippen LogP contribution in [0, 0.1) is 6.92 Å². The van der Waals surface area contributed by atoms with Crippen molar-refractivity contribution in [2.45, 2.75) is 32.9 Å². The number of amides is 1. The van der Waals surface area contributed by atoms with Crippen LogP contribution in [0.25, 0.3) is 0 Å². The van der Waals surface area contributed by atoms with Crippen LogP contribution in [0.4, 0.5) is 0 Å². The molecule has 0 aliphatic heterocycles. The summed E-state index contributed by atoms with van der Waals surface area (Å²) in [6.07, 6.45) is 0. The van der Waals surface area contributed by atoms with Crippen LogP contribution in [0.1, 0.15) is 31.0 Å². The van der Waals surface area contributed by atoms with Gasteiger partial charge in [0.25, 0.3) is 0 Å². The van der Waals surface area contributed by atoms with Crippen molar-refractivity contribution in [1.29, 1.82) is 0 Å². The second-order valence-corrected chi connectivity index (χ2v) is 4.88. The number of carbonyl (C=O) groups excluding carboxylic acids is 1. The minimum Gasteiger partial charge on any atom is -0.383 e. The van der Waals surface area contributed by atoms with Gasteiger partial charge in [-0.05, 0) is 31.9 Å². The molecule has 4 nitrogen and oxygen atoms in total. The van der Waals surface area contributed by atoms with Gasteiger partial charge in [0.05, 0.1) is 13.2 Å². The van der Waals surface area contributed by atoms with Crippen molar-refractivity contribution < 1.29 is 9.53 Å². The summed E-state index contributed by atoms with van der Waals surface area (Å²) in [4.78, 5) is 11.7. The van der Waals surface area contributed by atoms with E-state index in [4.69, 9.17) is 4.74 Å². The first kappa shape index (κ1) is 15.7. The third kappa shape index (κ3) is 5.41. The Labute approximate surface area is 115 Å². The summed E-state index contributed by atoms with van der Waals surface area (Å²) in [7, 11) is 1.63. The number of aryl methyl sites for hydroxylation is 1. The summed E-state index contributed by atoms with van der Waals surface area (Å²) >= 11 is 0. The minimum absolute atomic E-state index is 0.00927. The average molecular weight is 264 g/mol. The van der Waals surface area contributed by atoms with Gasteiger partial charge in [-0.15, -0.1) is 0 Å². The molecule has 0 bridgehead atoms. The molecule has 0 saturated carbocycles. The molecule has 19 heavy (non-hydrogen) atoms. The lowest BCUT2D eigenvalue weighted by Crippen LogP contribution is -2.41. The van der Waals surface area contributed by atoms with Gasteiger partial charge < -0.3 is 15.4 Å². The molecule has 0 radical (unpaired) electrons. The fourth-order valence-corrected chi connectivity index (χ4v) is 2.05. The monoisotopic (exact) mass is 264 g/mol. The molecule has 1 rings (SSSR count). The van der Waals surface area contributed by atoms with Crippen molar-refractivity contribution in [3.63, 3.8) is 0 Å². The maximum absolute atomic E-state index is 11.7. The molecular weight excluding hydrogens is 240 g/mol. The molecular formula is C15H24N2O2. The highest BCUT2D eigenvalue weighted by molar-refractivity contribution is 5.78. The maximum atomic E-state index is 11.7. The SMILES string of the molecule is COCC(C)NC(=O)CN[C@H](C)c1ccccc1C. The number of ether oxygens (including phenoxy) is 1. The van der Waals surface area contributed by atoms with E-state index in [-0.39, 0.29) is 18.0 Å². The highest BCUT2D eigenvalue weighted by Gasteiger charge is 2.11. The average Bonchev–Trinajstić information content (AvgIpc) is 2.36. The molecule has 0 aromatic heterocycles. The second kappa shape index (κ2) is 7.92. The molecule has 1 unspecified atom stereocenters. The van der Waals surface area contributed by atoms with E-state index in [1.165, 1.54) is 11.1 Å². The highest BCUT2D eigenvalue weighted by atomic mass is 16.5. The van der Waals surface area contributed by atoms with E-state index in [1.807, 2.05) is 19.1 Å². The predicted octanol–water partition coefficient (Wildman–Crippen LogP) is 1.80. The van der Waals surface area contributed by atoms with Crippen LogP contribution in [0.2, 0.25) is 0 Å². The third-order valence-electron chi connectivity index (χ3n) is 3.05. The zero-order valence-electron chi connectivity index (χ0n) is 12.2. The van der Waals surface area contributed by atoms with Crippen molar-refractivity contribution in [3.05, 3.63) is 35.4 Å². The third-order valence-corrected chi connectivity index (χ3v) is 3.05. The predicted molar refractivity (Wildman–Crippen MR) is 77.1 cm³/mol. The van der Waals surface area contributed by atoms with E-state index in [2.05, 4.69) is 36.6 Å². The first-order valence-electron chi connectivity index (χ1n) is 6.61. The Hall–Kier alpha value is -1.39. The van der Waals surface area contributed by atoms with Crippen molar-refractivity contribution in [1.82, 2.24) is 10.6 Å². The normalized spacial score (nSPS) is 13.9. The number of carbonyl (C=O) groups is 1. The first-order chi connectivity index (χ1) is 9.04. The molecule has 106 valence electrons. The highest BCUT2D eigenvalue weighted by Crippen LogP contribution is 2.15. The number of rotatable bonds is 7. The van der Waals surface area contributed by atoms with E-state index >= 15 is 0 Å². The van der Waals surface area contributed by atoms with Crippen LogP contribution in [-0.4, -0.2) is 32.2 Å². The molecule has 0 aliphatic carbocycles. The Morgan fingerprint density at radius 3 is 2.63 bits per heavy atom. The van der Waals surface area contributed by atoms with Gasteiger partial charge >= 0.3 is 0 Å². The molecule has 1 aromatic carbocycles. The van der Waals surface area contributed by atoms with Crippen LogP contribution >= 0.6 is 0 Å². The summed E-state index contributed by atoms with van der Waals surface area (Å²) in [5.74, 6) is -0.00927. The Morgan fingerprint density at radius 2 is 2.00 bits per heavy atom. The lowest BCUT2D eigenvalue weighted by molar-refractivity contribution is -0.121. The molecule has 0 fully saturated rings. The molecule has 0 heterocycles. The second-order valence-electron chi connectivity index (χ2n) is 4.88. The van der Waals surface area contributed by atoms with Gasteiger partial charge in [-0.25, -0.2) is 0 Å². The Morgan fingerprint density at radius 1 is 1.32 bits per heavy atom. The maximum Gasteiger partial charge on any atom is 0.234 e. The quantitative estimate of drug-likeness (QED) is 0.789. The number of hydrogen-bond acceptors (Lipinski definition) is 3. The van der Waals surface area contributed by atoms with Gasteiger partial charge in [-0.3, -0.25) is 4.79 Å². The summed E-state index contributed by atoms with van der Waals surface area (Å²) < 4.78 is 4.98. The molecule has 0 spiro atoms. The topological polar surface area (TPSA) is 50.4 Å². The summed E-state index contributed by atoms with van der Waals surface area (Å²) in [6, 6.07) is 8.39. The van der Waals surface area contributed by atoms with Crippen molar-refractivity contribution in [3.8, 4) is 0 Å². The van der Waals surface area contributed by atoms with Crippen LogP contribution in [0.5, 0.6) is 0 Å². The largest absolute Gasteiger partial charge is 0.383 e. The van der Waals surface area contributed by atoms with E-state index in [0.29, 0.717) is 13.2 Å². The van der Waals surface area contributed by atoms with E-state index in [0.717, 1.165) is 0 Å². The van der Waals surface area contributed by atoms with Crippen LogP contribution < -0.4 is 10.6 Å². The number of methoxy groups -OCH3 is 1. The fourth-order valence-electron chi connectivity index (χ4n) is 2.05. The smallest absolute Gasteiger partial charge is 0.234 e. The Balaban J connectivity index is 2.40. The van der Waals surface area contributed by atoms with Crippen LogP contribution in [-0.2, 0) is 9.53 Å². The molecule has 2 N–H and O–H groups in total. The van der Waals surface area contributed by atoms with Gasteiger partial charge in [0, 0.05) is 19.2 Å². The number of benzene rings is 1. The molecule has 2 atom stereocenters. The summed E-state index contributed by atoms with van der Waals surface area (Å²) in [6.45, 7) is 6.90. The van der Waals surface area contributed by atoms with Gasteiger partial charge in [0.2, 0.25) is 5.91 Å². The van der Waals surface area contributed by atoms with Crippen molar-refractivity contribution in [2.24, 2.45) is 0 Å². The zero-order valence-corrected chi connectivity index (χ0v) is 12.2. The molecule has 0 saturated heterocycles. The van der Waals surface area contributed by atoms with E-state index in [1.54, 1.807) is 7.11 Å². The zero-order chi connectivity index (χ0) is 14.3. The standard InChI is InChI=1S/C15H24N2O2/c1-11-7-5-6-8-14(11)13(3)16-9-15(18)17-12(2)10-19-4/h5-8,12-13,16H,9-10H2,1-4H3,(H,17,18)/t12?,13-/m1/s1. The van der Waals surface area contributed by atoms with Crippen molar-refractivity contribution in [2.75, 3.05) is 20.3 Å². The molecule has 1 amide bonds. The Kier molecular flexibility index (Phi) is 6.53. The van der Waals surface area contributed by atoms with Gasteiger partial charge in [0.15, 0.2) is 0 Å². The Bertz CT molecular complexity index is 407. The lowest BCUT2D eigenvalue weighted by atomic mass is 10.0. The fraction of sp³-hybridized carbons (Fsp3) is 0.533. The van der Waals surface area contributed by atoms with E-state index < -0.39 is 0 Å². The molecule has 4 heteroatoms. The van der Waals surface area contributed by atoms with Crippen molar-refractivity contribution >= 4 is 5.91 Å². The van der Waals surface area contributed by atoms with Crippen LogP contribution in [0.3, 0.4) is 0 Å². The van der Waals surface area contributed by atoms with E-state index in [9.17, 15) is 4.79 Å². The first-order valence-corrected chi connectivity index (χ1v) is 6.61. The summed E-state index contributed by atoms with van der Waals surface area (Å²) in [5.41, 5.74) is 2.45. The minimum atomic E-state index is -0.00927. The molecule has 1 aromatic rings.